The van der Waals surface area contributed by atoms with E-state index in [0.29, 0.717) is 0 Å². The third-order valence-corrected chi connectivity index (χ3v) is 4.38. The smallest absolute Gasteiger partial charge is 0.169 e. The van der Waals surface area contributed by atoms with Crippen LogP contribution in [0.25, 0.3) is 0 Å². The summed E-state index contributed by atoms with van der Waals surface area (Å²) in [5.74, 6) is 1.69. The number of hydrogen-bond donors (Lipinski definition) is 2. The van der Waals surface area contributed by atoms with Gasteiger partial charge in [-0.25, -0.2) is 0 Å². The van der Waals surface area contributed by atoms with Gasteiger partial charge in [0.15, 0.2) is 11.5 Å². The van der Waals surface area contributed by atoms with Gasteiger partial charge in [0.05, 0.1) is 32.9 Å². The van der Waals surface area contributed by atoms with Crippen LogP contribution in [0.2, 0.25) is 0 Å². The van der Waals surface area contributed by atoms with Crippen molar-refractivity contribution in [1.82, 2.24) is 0 Å². The lowest BCUT2D eigenvalue weighted by atomic mass is 10.1. The van der Waals surface area contributed by atoms with E-state index in [2.05, 4.69) is 18.3 Å². The fourth-order valence-electron chi connectivity index (χ4n) is 3.29. The molecule has 1 aromatic carbocycles. The maximum absolute atomic E-state index is 5.48. The van der Waals surface area contributed by atoms with E-state index >= 15 is 0 Å². The molecule has 20 heavy (non-hydrogen) atoms. The maximum Gasteiger partial charge on any atom is 0.169 e. The summed E-state index contributed by atoms with van der Waals surface area (Å²) >= 11 is 0. The van der Waals surface area contributed by atoms with Gasteiger partial charge in [-0.05, 0) is 19.1 Å². The summed E-state index contributed by atoms with van der Waals surface area (Å²) in [6, 6.07) is 6.92. The zero-order chi connectivity index (χ0) is 14.4. The number of likely N-dealkylation sites (N-methyl/N-ethyl adjacent to an activating group) is 1. The Morgan fingerprint density at radius 2 is 2.15 bits per heavy atom. The number of methoxy groups -OCH3 is 2. The summed E-state index contributed by atoms with van der Waals surface area (Å²) in [5.41, 5.74) is 1.21. The van der Waals surface area contributed by atoms with Crippen molar-refractivity contribution >= 4 is 0 Å². The highest BCUT2D eigenvalue weighted by atomic mass is 16.5. The average Bonchev–Trinajstić information content (AvgIpc) is 2.94. The molecule has 2 atom stereocenters. The molecule has 1 saturated heterocycles. The quantitative estimate of drug-likeness (QED) is 0.728. The Morgan fingerprint density at radius 3 is 2.85 bits per heavy atom. The van der Waals surface area contributed by atoms with Crippen molar-refractivity contribution in [3.05, 3.63) is 23.8 Å². The van der Waals surface area contributed by atoms with Crippen molar-refractivity contribution in [2.45, 2.75) is 32.4 Å². The molecule has 1 unspecified atom stereocenters. The lowest BCUT2D eigenvalue weighted by Crippen LogP contribution is -3.16. The van der Waals surface area contributed by atoms with Crippen LogP contribution in [0.15, 0.2) is 18.2 Å². The summed E-state index contributed by atoms with van der Waals surface area (Å²) in [5, 5.41) is 2.41. The van der Waals surface area contributed by atoms with E-state index in [0.717, 1.165) is 24.1 Å². The van der Waals surface area contributed by atoms with E-state index in [1.165, 1.54) is 38.0 Å². The molecule has 4 heteroatoms. The Labute approximate surface area is 122 Å². The molecule has 0 saturated carbocycles. The molecule has 2 rings (SSSR count). The Kier molecular flexibility index (Phi) is 5.68. The summed E-state index contributed by atoms with van der Waals surface area (Å²) in [6.45, 7) is 7.04. The first-order valence-electron chi connectivity index (χ1n) is 7.66. The zero-order valence-electron chi connectivity index (χ0n) is 12.9. The van der Waals surface area contributed by atoms with Crippen LogP contribution >= 0.6 is 0 Å². The molecule has 1 aliphatic heterocycles. The van der Waals surface area contributed by atoms with Gasteiger partial charge < -0.3 is 19.7 Å². The first-order chi connectivity index (χ1) is 9.80. The highest BCUT2D eigenvalue weighted by Gasteiger charge is 2.28. The summed E-state index contributed by atoms with van der Waals surface area (Å²) in [7, 11) is 3.40. The lowest BCUT2D eigenvalue weighted by molar-refractivity contribution is -0.925. The molecule has 0 aliphatic carbocycles. The number of nitrogens with one attached hydrogen (secondary N) is 1. The monoisotopic (exact) mass is 280 g/mol. The number of quaternary nitrogens is 2. The highest BCUT2D eigenvalue weighted by molar-refractivity contribution is 5.46. The van der Waals surface area contributed by atoms with E-state index in [4.69, 9.17) is 9.47 Å². The largest absolute Gasteiger partial charge is 0.493 e. The van der Waals surface area contributed by atoms with Gasteiger partial charge in [0, 0.05) is 12.8 Å². The molecule has 4 nitrogen and oxygen atoms in total. The fourth-order valence-corrected chi connectivity index (χ4v) is 3.29. The predicted octanol–water partition coefficient (Wildman–Crippen LogP) is -0.166. The van der Waals surface area contributed by atoms with Crippen LogP contribution in [0.5, 0.6) is 11.5 Å². The summed E-state index contributed by atoms with van der Waals surface area (Å²) in [6.07, 6.45) is 2.75. The molecular formula is C16H28N2O2+2. The standard InChI is InChI=1S/C16H26N2O2/c1-4-18-10-6-8-14(18)12-17-11-13-7-5-9-15(19-2)16(13)20-3/h5,7,9,14,17H,4,6,8,10-12H2,1-3H3/p+2/t14-/m1/s1. The molecule has 0 spiro atoms. The molecule has 1 aliphatic rings. The number of likely N-dealkylation sites (tertiary alicyclic amines) is 1. The van der Waals surface area contributed by atoms with Gasteiger partial charge in [0.25, 0.3) is 0 Å². The number of nitrogens with two attached hydrogens (primary N) is 1. The Bertz CT molecular complexity index is 423. The normalized spacial score (nSPS) is 21.9. The third kappa shape index (κ3) is 3.44. The van der Waals surface area contributed by atoms with Gasteiger partial charge in [-0.15, -0.1) is 0 Å². The summed E-state index contributed by atoms with van der Waals surface area (Å²) < 4.78 is 10.8. The van der Waals surface area contributed by atoms with Gasteiger partial charge in [0.2, 0.25) is 0 Å². The molecule has 112 valence electrons. The SMILES string of the molecule is CC[NH+]1CCC[C@@H]1C[NH2+]Cc1cccc(OC)c1OC. The number of rotatable bonds is 7. The van der Waals surface area contributed by atoms with Crippen LogP contribution in [-0.4, -0.2) is 39.9 Å². The molecule has 3 N–H and O–H groups in total. The van der Waals surface area contributed by atoms with Gasteiger partial charge in [-0.3, -0.25) is 0 Å². The third-order valence-electron chi connectivity index (χ3n) is 4.38. The number of para-hydroxylation sites is 1. The van der Waals surface area contributed by atoms with Crippen molar-refractivity contribution < 1.29 is 19.7 Å². The van der Waals surface area contributed by atoms with Crippen LogP contribution in [0, 0.1) is 0 Å². The number of hydrogen-bond acceptors (Lipinski definition) is 2. The van der Waals surface area contributed by atoms with E-state index in [1.807, 2.05) is 12.1 Å². The predicted molar refractivity (Wildman–Crippen MR) is 79.4 cm³/mol. The van der Waals surface area contributed by atoms with Gasteiger partial charge in [-0.1, -0.05) is 6.07 Å². The topological polar surface area (TPSA) is 39.5 Å². The van der Waals surface area contributed by atoms with Crippen molar-refractivity contribution in [3.63, 3.8) is 0 Å². The van der Waals surface area contributed by atoms with Crippen LogP contribution in [0.3, 0.4) is 0 Å². The van der Waals surface area contributed by atoms with E-state index in [1.54, 1.807) is 19.1 Å². The Balaban J connectivity index is 1.91. The molecule has 0 radical (unpaired) electrons. The second kappa shape index (κ2) is 7.50. The second-order valence-corrected chi connectivity index (χ2v) is 5.48. The van der Waals surface area contributed by atoms with Crippen molar-refractivity contribution in [2.75, 3.05) is 33.9 Å². The molecule has 0 amide bonds. The van der Waals surface area contributed by atoms with Crippen molar-refractivity contribution in [3.8, 4) is 11.5 Å². The van der Waals surface area contributed by atoms with Crippen molar-refractivity contribution in [2.24, 2.45) is 0 Å². The molecule has 1 fully saturated rings. The van der Waals surface area contributed by atoms with Crippen LogP contribution < -0.4 is 19.7 Å². The van der Waals surface area contributed by atoms with E-state index in [-0.39, 0.29) is 0 Å². The van der Waals surface area contributed by atoms with Crippen LogP contribution in [-0.2, 0) is 6.54 Å². The molecular weight excluding hydrogens is 252 g/mol. The second-order valence-electron chi connectivity index (χ2n) is 5.48. The zero-order valence-corrected chi connectivity index (χ0v) is 12.9. The lowest BCUT2D eigenvalue weighted by Gasteiger charge is -2.18. The van der Waals surface area contributed by atoms with Crippen LogP contribution in [0.1, 0.15) is 25.3 Å². The van der Waals surface area contributed by atoms with Crippen molar-refractivity contribution in [1.29, 1.82) is 0 Å². The maximum atomic E-state index is 5.48. The first-order valence-corrected chi connectivity index (χ1v) is 7.66. The minimum atomic E-state index is 0.816. The molecule has 0 bridgehead atoms. The summed E-state index contributed by atoms with van der Waals surface area (Å²) in [4.78, 5) is 1.76. The number of benzene rings is 1. The number of ether oxygens (including phenoxy) is 2. The highest BCUT2D eigenvalue weighted by Crippen LogP contribution is 2.29. The van der Waals surface area contributed by atoms with Gasteiger partial charge >= 0.3 is 0 Å². The van der Waals surface area contributed by atoms with Crippen LogP contribution in [0.4, 0.5) is 0 Å². The van der Waals surface area contributed by atoms with Gasteiger partial charge in [0.1, 0.15) is 19.1 Å². The Hall–Kier alpha value is -1.26. The first kappa shape index (κ1) is 15.1. The molecule has 1 heterocycles. The Morgan fingerprint density at radius 1 is 1.30 bits per heavy atom. The van der Waals surface area contributed by atoms with Gasteiger partial charge in [-0.2, -0.15) is 0 Å². The minimum absolute atomic E-state index is 0.816. The average molecular weight is 280 g/mol. The molecule has 1 aromatic rings. The minimum Gasteiger partial charge on any atom is -0.493 e. The van der Waals surface area contributed by atoms with E-state index < -0.39 is 0 Å². The fraction of sp³-hybridized carbons (Fsp3) is 0.625. The molecule has 0 aromatic heterocycles. The van der Waals surface area contributed by atoms with E-state index in [9.17, 15) is 0 Å².